The van der Waals surface area contributed by atoms with Gasteiger partial charge in [-0.05, 0) is 44.0 Å². The van der Waals surface area contributed by atoms with E-state index in [1.54, 1.807) is 12.1 Å². The van der Waals surface area contributed by atoms with Gasteiger partial charge < -0.3 is 5.32 Å². The summed E-state index contributed by atoms with van der Waals surface area (Å²) >= 11 is 5.63. The Hall–Kier alpha value is -0.520. The zero-order valence-corrected chi connectivity index (χ0v) is 10.4. The van der Waals surface area contributed by atoms with Gasteiger partial charge in [-0.15, -0.1) is 10.2 Å². The standard InChI is InChI=1S/C10H14ClN3OS/c11-9-3-4-10(14-13-9)16(15)7-8-2-1-5-12-6-8/h3-4,8,12H,1-2,5-7H2/t8-,16-/m1/s1. The Bertz CT molecular complexity index is 365. The van der Waals surface area contributed by atoms with Crippen LogP contribution < -0.4 is 5.32 Å². The number of nitrogens with one attached hydrogen (secondary N) is 1. The monoisotopic (exact) mass is 259 g/mol. The van der Waals surface area contributed by atoms with Crippen LogP contribution in [-0.2, 0) is 10.8 Å². The van der Waals surface area contributed by atoms with Gasteiger partial charge in [0.15, 0.2) is 5.15 Å². The molecule has 2 rings (SSSR count). The van der Waals surface area contributed by atoms with E-state index < -0.39 is 10.8 Å². The highest BCUT2D eigenvalue weighted by atomic mass is 35.5. The van der Waals surface area contributed by atoms with E-state index in [9.17, 15) is 4.21 Å². The Morgan fingerprint density at radius 3 is 3.00 bits per heavy atom. The van der Waals surface area contributed by atoms with Gasteiger partial charge >= 0.3 is 0 Å². The molecule has 0 bridgehead atoms. The van der Waals surface area contributed by atoms with E-state index in [0.717, 1.165) is 25.9 Å². The summed E-state index contributed by atoms with van der Waals surface area (Å²) in [5.41, 5.74) is 0. The fourth-order valence-corrected chi connectivity index (χ4v) is 3.13. The van der Waals surface area contributed by atoms with Gasteiger partial charge in [-0.1, -0.05) is 11.6 Å². The molecule has 1 fully saturated rings. The van der Waals surface area contributed by atoms with E-state index in [4.69, 9.17) is 11.6 Å². The van der Waals surface area contributed by atoms with Crippen LogP contribution in [0.2, 0.25) is 5.15 Å². The third-order valence-electron chi connectivity index (χ3n) is 2.63. The van der Waals surface area contributed by atoms with Crippen LogP contribution in [-0.4, -0.2) is 33.2 Å². The lowest BCUT2D eigenvalue weighted by Crippen LogP contribution is -2.32. The van der Waals surface area contributed by atoms with Gasteiger partial charge in [0.1, 0.15) is 5.03 Å². The first-order chi connectivity index (χ1) is 7.75. The second-order valence-electron chi connectivity index (χ2n) is 3.92. The molecule has 1 aromatic rings. The SMILES string of the molecule is O=[S@](C[C@@H]1CCCNC1)c1ccc(Cl)nn1. The third kappa shape index (κ3) is 3.23. The van der Waals surface area contributed by atoms with Crippen LogP contribution in [0.1, 0.15) is 12.8 Å². The average molecular weight is 260 g/mol. The van der Waals surface area contributed by atoms with Crippen LogP contribution in [0.3, 0.4) is 0 Å². The Kier molecular flexibility index (Phi) is 4.26. The number of nitrogens with zero attached hydrogens (tertiary/aromatic N) is 2. The summed E-state index contributed by atoms with van der Waals surface area (Å²) in [6.45, 7) is 2.02. The lowest BCUT2D eigenvalue weighted by molar-refractivity contribution is 0.407. The summed E-state index contributed by atoms with van der Waals surface area (Å²) in [5, 5.41) is 11.7. The minimum absolute atomic E-state index is 0.333. The van der Waals surface area contributed by atoms with Crippen LogP contribution in [0, 0.1) is 5.92 Å². The molecule has 1 aliphatic heterocycles. The molecule has 2 heterocycles. The third-order valence-corrected chi connectivity index (χ3v) is 4.29. The van der Waals surface area contributed by atoms with Crippen molar-refractivity contribution in [3.05, 3.63) is 17.3 Å². The molecule has 0 aromatic carbocycles. The van der Waals surface area contributed by atoms with Gasteiger partial charge in [0.25, 0.3) is 0 Å². The molecule has 0 unspecified atom stereocenters. The topological polar surface area (TPSA) is 54.9 Å². The van der Waals surface area contributed by atoms with Crippen molar-refractivity contribution < 1.29 is 4.21 Å². The molecule has 0 aliphatic carbocycles. The maximum Gasteiger partial charge on any atom is 0.151 e. The number of hydrogen-bond donors (Lipinski definition) is 1. The van der Waals surface area contributed by atoms with E-state index in [2.05, 4.69) is 15.5 Å². The molecule has 1 saturated heterocycles. The molecule has 0 amide bonds. The van der Waals surface area contributed by atoms with Crippen molar-refractivity contribution in [2.24, 2.45) is 5.92 Å². The molecular formula is C10H14ClN3OS. The van der Waals surface area contributed by atoms with Crippen molar-refractivity contribution in [1.82, 2.24) is 15.5 Å². The molecule has 0 radical (unpaired) electrons. The number of piperidine rings is 1. The summed E-state index contributed by atoms with van der Waals surface area (Å²) in [5.74, 6) is 1.13. The zero-order valence-electron chi connectivity index (χ0n) is 8.86. The maximum atomic E-state index is 12.0. The molecule has 1 aliphatic rings. The van der Waals surface area contributed by atoms with Crippen molar-refractivity contribution in [3.63, 3.8) is 0 Å². The molecule has 16 heavy (non-hydrogen) atoms. The number of aromatic nitrogens is 2. The summed E-state index contributed by atoms with van der Waals surface area (Å²) in [7, 11) is -1.06. The Morgan fingerprint density at radius 2 is 2.38 bits per heavy atom. The molecule has 2 atom stereocenters. The van der Waals surface area contributed by atoms with E-state index >= 15 is 0 Å². The highest BCUT2D eigenvalue weighted by Gasteiger charge is 2.17. The predicted molar refractivity (Wildman–Crippen MR) is 63.9 cm³/mol. The van der Waals surface area contributed by atoms with Crippen LogP contribution >= 0.6 is 11.6 Å². The number of rotatable bonds is 3. The van der Waals surface area contributed by atoms with Gasteiger partial charge in [-0.25, -0.2) is 0 Å². The molecule has 0 saturated carbocycles. The number of hydrogen-bond acceptors (Lipinski definition) is 4. The van der Waals surface area contributed by atoms with Crippen LogP contribution in [0.5, 0.6) is 0 Å². The van der Waals surface area contributed by atoms with E-state index in [-0.39, 0.29) is 0 Å². The van der Waals surface area contributed by atoms with Crippen LogP contribution in [0.25, 0.3) is 0 Å². The molecule has 1 aromatic heterocycles. The van der Waals surface area contributed by atoms with Crippen molar-refractivity contribution in [3.8, 4) is 0 Å². The highest BCUT2D eigenvalue weighted by molar-refractivity contribution is 7.84. The van der Waals surface area contributed by atoms with Gasteiger partial charge in [-0.2, -0.15) is 0 Å². The fraction of sp³-hybridized carbons (Fsp3) is 0.600. The molecule has 0 spiro atoms. The summed E-state index contributed by atoms with van der Waals surface area (Å²) in [6, 6.07) is 3.31. The molecule has 88 valence electrons. The van der Waals surface area contributed by atoms with Crippen molar-refractivity contribution in [1.29, 1.82) is 0 Å². The zero-order chi connectivity index (χ0) is 11.4. The van der Waals surface area contributed by atoms with Crippen molar-refractivity contribution >= 4 is 22.4 Å². The fourth-order valence-electron chi connectivity index (χ4n) is 1.79. The first-order valence-electron chi connectivity index (χ1n) is 5.34. The van der Waals surface area contributed by atoms with E-state index in [1.165, 1.54) is 0 Å². The number of halogens is 1. The lowest BCUT2D eigenvalue weighted by Gasteiger charge is -2.21. The molecule has 1 N–H and O–H groups in total. The minimum atomic E-state index is -1.06. The average Bonchev–Trinajstić information content (AvgIpc) is 2.31. The second-order valence-corrected chi connectivity index (χ2v) is 5.75. The Labute approximate surface area is 102 Å². The minimum Gasteiger partial charge on any atom is -0.316 e. The molecular weight excluding hydrogens is 246 g/mol. The summed E-state index contributed by atoms with van der Waals surface area (Å²) < 4.78 is 12.0. The predicted octanol–water partition coefficient (Wildman–Crippen LogP) is 1.24. The van der Waals surface area contributed by atoms with Gasteiger partial charge in [-0.3, -0.25) is 4.21 Å². The lowest BCUT2D eigenvalue weighted by atomic mass is 10.0. The van der Waals surface area contributed by atoms with Crippen molar-refractivity contribution in [2.45, 2.75) is 17.9 Å². The van der Waals surface area contributed by atoms with E-state index in [0.29, 0.717) is 21.8 Å². The normalized spacial score (nSPS) is 22.9. The maximum absolute atomic E-state index is 12.0. The first kappa shape index (κ1) is 12.0. The van der Waals surface area contributed by atoms with Crippen LogP contribution in [0.15, 0.2) is 17.2 Å². The molecule has 4 nitrogen and oxygen atoms in total. The van der Waals surface area contributed by atoms with E-state index in [1.807, 2.05) is 0 Å². The van der Waals surface area contributed by atoms with Gasteiger partial charge in [0.2, 0.25) is 0 Å². The Morgan fingerprint density at radius 1 is 1.50 bits per heavy atom. The highest BCUT2D eigenvalue weighted by Crippen LogP contribution is 2.14. The van der Waals surface area contributed by atoms with Gasteiger partial charge in [0, 0.05) is 5.75 Å². The van der Waals surface area contributed by atoms with Crippen molar-refractivity contribution in [2.75, 3.05) is 18.8 Å². The summed E-state index contributed by atoms with van der Waals surface area (Å²) in [4.78, 5) is 0. The first-order valence-corrected chi connectivity index (χ1v) is 7.04. The molecule has 6 heteroatoms. The van der Waals surface area contributed by atoms with Crippen LogP contribution in [0.4, 0.5) is 0 Å². The second kappa shape index (κ2) is 5.70. The Balaban J connectivity index is 1.94. The van der Waals surface area contributed by atoms with Gasteiger partial charge in [0.05, 0.1) is 10.8 Å². The quantitative estimate of drug-likeness (QED) is 0.887. The smallest absolute Gasteiger partial charge is 0.151 e. The summed E-state index contributed by atoms with van der Waals surface area (Å²) in [6.07, 6.45) is 2.30. The largest absolute Gasteiger partial charge is 0.316 e.